The molecule has 7 aromatic rings. The summed E-state index contributed by atoms with van der Waals surface area (Å²) in [5, 5.41) is 53.1. The van der Waals surface area contributed by atoms with E-state index in [0.717, 1.165) is 141 Å². The van der Waals surface area contributed by atoms with Crippen molar-refractivity contribution in [3.05, 3.63) is 202 Å². The van der Waals surface area contributed by atoms with E-state index in [1.165, 1.54) is 4.46 Å². The molecule has 85 heavy (non-hydrogen) atoms. The molecule has 7 heteroatoms. The summed E-state index contributed by atoms with van der Waals surface area (Å²) in [5.41, 5.74) is 17.1. The fraction of sp³-hybridized carbons (Fsp3) is 0.462. The Morgan fingerprint density at radius 2 is 0.541 bits per heavy atom. The second-order valence-electron chi connectivity index (χ2n) is 31.1. The average molecular weight is 1210 g/mol. The second-order valence-corrected chi connectivity index (χ2v) is 33.4. The summed E-state index contributed by atoms with van der Waals surface area (Å²) >= 11 is 0.0858. The molecular formula is C78H98O6Se. The summed E-state index contributed by atoms with van der Waals surface area (Å²) in [6.07, 6.45) is 4.28. The van der Waals surface area contributed by atoms with Gasteiger partial charge in [0.25, 0.3) is 0 Å². The quantitative estimate of drug-likeness (QED) is 0.104. The molecule has 0 aliphatic carbocycles. The summed E-state index contributed by atoms with van der Waals surface area (Å²) in [6, 6.07) is 33.0. The van der Waals surface area contributed by atoms with Crippen LogP contribution in [0, 0.1) is 0 Å². The minimum absolute atomic E-state index is 0.0858. The molecule has 0 radical (unpaired) electrons. The van der Waals surface area contributed by atoms with Gasteiger partial charge in [-0.15, -0.1) is 0 Å². The van der Waals surface area contributed by atoms with Crippen LogP contribution in [0.3, 0.4) is 0 Å². The molecular weight excluding hydrogens is 1110 g/mol. The normalized spacial score (nSPS) is 14.5. The maximum atomic E-state index is 13.0. The van der Waals surface area contributed by atoms with Crippen LogP contribution in [-0.2, 0) is 84.2 Å². The predicted octanol–water partition coefficient (Wildman–Crippen LogP) is 18.2. The van der Waals surface area contributed by atoms with Gasteiger partial charge in [0, 0.05) is 0 Å². The van der Waals surface area contributed by atoms with Crippen molar-refractivity contribution in [2.75, 3.05) is 0 Å². The van der Waals surface area contributed by atoms with E-state index < -0.39 is 0 Å². The Morgan fingerprint density at radius 1 is 0.329 bits per heavy atom. The van der Waals surface area contributed by atoms with Crippen LogP contribution in [0.2, 0.25) is 5.32 Å². The van der Waals surface area contributed by atoms with Crippen LogP contribution in [0.15, 0.2) is 91.0 Å². The molecule has 0 aromatic heterocycles. The Hall–Kier alpha value is -6.14. The number of unbranched alkanes of at least 4 members (excludes halogenated alkanes) is 1. The van der Waals surface area contributed by atoms with E-state index >= 15 is 0 Å². The van der Waals surface area contributed by atoms with E-state index in [1.54, 1.807) is 0 Å². The van der Waals surface area contributed by atoms with E-state index in [4.69, 9.17) is 9.47 Å². The van der Waals surface area contributed by atoms with E-state index in [0.29, 0.717) is 51.7 Å². The Labute approximate surface area is 517 Å². The van der Waals surface area contributed by atoms with Crippen molar-refractivity contribution in [2.24, 2.45) is 0 Å². The van der Waals surface area contributed by atoms with Gasteiger partial charge in [0.05, 0.1) is 0 Å². The molecule has 0 spiro atoms. The predicted molar refractivity (Wildman–Crippen MR) is 355 cm³/mol. The number of rotatable bonds is 4. The zero-order valence-corrected chi connectivity index (χ0v) is 56.7. The summed E-state index contributed by atoms with van der Waals surface area (Å²) in [4.78, 5) is 0. The molecule has 0 unspecified atom stereocenters. The maximum absolute atomic E-state index is 13.0. The molecule has 452 valence electrons. The number of phenolic OH excluding ortho intramolecular Hbond substituents is 4. The molecule has 7 aromatic carbocycles. The summed E-state index contributed by atoms with van der Waals surface area (Å²) < 4.78 is 16.3. The molecule has 0 saturated heterocycles. The van der Waals surface area contributed by atoms with Gasteiger partial charge in [-0.05, 0) is 0 Å². The summed E-state index contributed by atoms with van der Waals surface area (Å²) in [5.74, 6) is 2.31. The third kappa shape index (κ3) is 14.0. The third-order valence-corrected chi connectivity index (χ3v) is 20.4. The first-order valence-corrected chi connectivity index (χ1v) is 33.3. The van der Waals surface area contributed by atoms with Crippen LogP contribution in [-0.4, -0.2) is 35.4 Å². The molecule has 0 amide bonds. The van der Waals surface area contributed by atoms with Crippen LogP contribution in [0.25, 0.3) is 0 Å². The SMILES string of the molecule is CCCC[Se]c1c2cccc1COc1c3cc(C(C)(C)C)cc1Cc1cc(C(C)(C)C)cc(c1O)Cc1cc(C(C)(C)C)cc(c1O)Cc1cc(C(C)(C)C)cc(c1OC2)Cc1cc(C(C)(C)C)cc(c1O)Cc1cc(C(C)(C)C)cc(c1O)C3. The van der Waals surface area contributed by atoms with Crippen LogP contribution in [0.1, 0.15) is 256 Å². The monoisotopic (exact) mass is 1210 g/mol. The first-order valence-electron chi connectivity index (χ1n) is 31.2. The molecule has 0 saturated carbocycles. The molecule has 4 N–H and O–H groups in total. The van der Waals surface area contributed by atoms with Crippen molar-refractivity contribution in [1.29, 1.82) is 0 Å². The van der Waals surface area contributed by atoms with Gasteiger partial charge in [0.2, 0.25) is 0 Å². The minimum atomic E-state index is -0.282. The van der Waals surface area contributed by atoms with E-state index in [1.807, 2.05) is 0 Å². The molecule has 0 fully saturated rings. The van der Waals surface area contributed by atoms with Crippen molar-refractivity contribution in [3.8, 4) is 34.5 Å². The first kappa shape index (κ1) is 63.4. The molecule has 12 bridgehead atoms. The van der Waals surface area contributed by atoms with Crippen molar-refractivity contribution < 1.29 is 29.9 Å². The van der Waals surface area contributed by atoms with Crippen LogP contribution in [0.4, 0.5) is 0 Å². The number of hydrogen-bond donors (Lipinski definition) is 4. The van der Waals surface area contributed by atoms with Gasteiger partial charge < -0.3 is 0 Å². The molecule has 2 aliphatic heterocycles. The van der Waals surface area contributed by atoms with Crippen LogP contribution < -0.4 is 13.9 Å². The Balaban J connectivity index is 1.48. The van der Waals surface area contributed by atoms with E-state index in [9.17, 15) is 20.4 Å². The molecule has 2 heterocycles. The molecule has 6 nitrogen and oxygen atoms in total. The number of aromatic hydroxyl groups is 4. The van der Waals surface area contributed by atoms with E-state index in [-0.39, 0.29) is 70.4 Å². The van der Waals surface area contributed by atoms with Gasteiger partial charge in [-0.2, -0.15) is 0 Å². The van der Waals surface area contributed by atoms with Crippen LogP contribution in [0.5, 0.6) is 34.5 Å². The number of phenols is 4. The topological polar surface area (TPSA) is 99.4 Å². The number of hydrogen-bond acceptors (Lipinski definition) is 6. The summed E-state index contributed by atoms with van der Waals surface area (Å²) in [7, 11) is 0. The molecule has 2 aliphatic rings. The van der Waals surface area contributed by atoms with Gasteiger partial charge in [-0.25, -0.2) is 0 Å². The second kappa shape index (κ2) is 23.5. The fourth-order valence-corrected chi connectivity index (χ4v) is 14.7. The Kier molecular flexibility index (Phi) is 17.5. The zero-order chi connectivity index (χ0) is 62.1. The zero-order valence-electron chi connectivity index (χ0n) is 55.0. The third-order valence-electron chi connectivity index (χ3n) is 17.7. The van der Waals surface area contributed by atoms with Gasteiger partial charge in [-0.3, -0.25) is 0 Å². The Morgan fingerprint density at radius 3 is 0.753 bits per heavy atom. The molecule has 0 atom stereocenters. The van der Waals surface area contributed by atoms with Crippen LogP contribution >= 0.6 is 0 Å². The van der Waals surface area contributed by atoms with Gasteiger partial charge in [-0.1, -0.05) is 0 Å². The van der Waals surface area contributed by atoms with Gasteiger partial charge >= 0.3 is 520 Å². The summed E-state index contributed by atoms with van der Waals surface area (Å²) in [6.45, 7) is 43.0. The standard InChI is InChI=1S/C78H98O6Se/c1-20-21-25-85-72-46-23-22-24-47(72)45-84-71-58-29-53-37-61(74(5,6)7)33-49(67(53)80)26-48-32-60(73(2,3)4)36-52(66(48)79)28-56-40-64(77(14,15)16)41-57(70(56)83-44-46)30-54-38-62(75(8,9)10)34-50(68(54)81)27-51-35-63(76(11,12)13)39-55(69(51)82)31-59(71)43-65(42-58)78(17,18)19/h22-24,32-43,79-82H,20-21,25-31,44-45H2,1-19H3. The van der Waals surface area contributed by atoms with Crippen molar-refractivity contribution >= 4 is 19.4 Å². The van der Waals surface area contributed by atoms with Crippen molar-refractivity contribution in [2.45, 2.75) is 234 Å². The van der Waals surface area contributed by atoms with E-state index in [2.05, 4.69) is 223 Å². The number of benzene rings is 7. The van der Waals surface area contributed by atoms with Gasteiger partial charge in [0.15, 0.2) is 0 Å². The van der Waals surface area contributed by atoms with Gasteiger partial charge in [0.1, 0.15) is 0 Å². The van der Waals surface area contributed by atoms with Crippen molar-refractivity contribution in [3.63, 3.8) is 0 Å². The van der Waals surface area contributed by atoms with Crippen molar-refractivity contribution in [1.82, 2.24) is 0 Å². The first-order chi connectivity index (χ1) is 39.5. The fourth-order valence-electron chi connectivity index (χ4n) is 12.0. The number of fused-ring (bicyclic) bond motifs is 10. The molecule has 9 rings (SSSR count). The number of ether oxygens (including phenoxy) is 2. The Bertz CT molecular complexity index is 3250. The average Bonchev–Trinajstić information content (AvgIpc) is 1.24.